The monoisotopic (exact) mass is 275 g/mol. The third-order valence-corrected chi connectivity index (χ3v) is 3.92. The Morgan fingerprint density at radius 3 is 2.60 bits per heavy atom. The van der Waals surface area contributed by atoms with Crippen molar-refractivity contribution in [2.75, 3.05) is 13.2 Å². The van der Waals surface area contributed by atoms with E-state index >= 15 is 0 Å². The van der Waals surface area contributed by atoms with Gasteiger partial charge in [-0.15, -0.1) is 0 Å². The fourth-order valence-electron chi connectivity index (χ4n) is 2.69. The lowest BCUT2D eigenvalue weighted by atomic mass is 9.91. The summed E-state index contributed by atoms with van der Waals surface area (Å²) in [7, 11) is 0. The fourth-order valence-corrected chi connectivity index (χ4v) is 2.69. The molecule has 0 aliphatic heterocycles. The van der Waals surface area contributed by atoms with Gasteiger partial charge in [0.15, 0.2) is 0 Å². The van der Waals surface area contributed by atoms with Crippen LogP contribution >= 0.6 is 0 Å². The van der Waals surface area contributed by atoms with Gasteiger partial charge in [-0.25, -0.2) is 0 Å². The van der Waals surface area contributed by atoms with Gasteiger partial charge < -0.3 is 14.5 Å². The number of hydrogen-bond acceptors (Lipinski definition) is 3. The first-order valence-electron chi connectivity index (χ1n) is 7.50. The third kappa shape index (κ3) is 2.89. The zero-order valence-corrected chi connectivity index (χ0v) is 12.9. The molecule has 0 aliphatic rings. The zero-order chi connectivity index (χ0) is 14.6. The molecule has 0 fully saturated rings. The molecular weight excluding hydrogens is 250 g/mol. The van der Waals surface area contributed by atoms with E-state index in [-0.39, 0.29) is 11.6 Å². The van der Waals surface area contributed by atoms with Crippen LogP contribution in [0.1, 0.15) is 45.9 Å². The number of likely N-dealkylation sites (N-methyl/N-ethyl adjacent to an activating group) is 1. The van der Waals surface area contributed by atoms with E-state index in [1.165, 1.54) is 0 Å². The Hall–Kier alpha value is -1.32. The Kier molecular flexibility index (Phi) is 4.84. The molecule has 1 aromatic heterocycles. The Labute approximate surface area is 121 Å². The Morgan fingerprint density at radius 2 is 2.00 bits per heavy atom. The van der Waals surface area contributed by atoms with Gasteiger partial charge in [-0.3, -0.25) is 0 Å². The number of hydrogen-bond donors (Lipinski definition) is 1. The van der Waals surface area contributed by atoms with Gasteiger partial charge in [0.2, 0.25) is 0 Å². The van der Waals surface area contributed by atoms with Crippen LogP contribution in [0.2, 0.25) is 0 Å². The second kappa shape index (κ2) is 6.42. The van der Waals surface area contributed by atoms with Crippen molar-refractivity contribution < 1.29 is 9.15 Å². The molecule has 20 heavy (non-hydrogen) atoms. The average molecular weight is 275 g/mol. The van der Waals surface area contributed by atoms with Crippen molar-refractivity contribution in [2.45, 2.75) is 45.8 Å². The van der Waals surface area contributed by atoms with Crippen LogP contribution in [0.3, 0.4) is 0 Å². The van der Waals surface area contributed by atoms with Gasteiger partial charge in [-0.1, -0.05) is 32.0 Å². The first kappa shape index (κ1) is 15.1. The van der Waals surface area contributed by atoms with Crippen LogP contribution in [-0.4, -0.2) is 18.8 Å². The lowest BCUT2D eigenvalue weighted by molar-refractivity contribution is -0.0602. The molecular formula is C17H25NO2. The van der Waals surface area contributed by atoms with E-state index in [1.54, 1.807) is 0 Å². The van der Waals surface area contributed by atoms with E-state index in [0.29, 0.717) is 6.61 Å². The number of nitrogens with one attached hydrogen (secondary N) is 1. The number of rotatable bonds is 7. The molecule has 0 saturated heterocycles. The van der Waals surface area contributed by atoms with Crippen molar-refractivity contribution in [3.05, 3.63) is 36.1 Å². The molecule has 0 spiro atoms. The SMILES string of the molecule is CCNC(c1cc2ccccc2o1)C(C)(CC)OCC. The Bertz CT molecular complexity index is 516. The van der Waals surface area contributed by atoms with Gasteiger partial charge in [0.1, 0.15) is 11.3 Å². The van der Waals surface area contributed by atoms with Gasteiger partial charge in [0.05, 0.1) is 11.6 Å². The smallest absolute Gasteiger partial charge is 0.134 e. The third-order valence-electron chi connectivity index (χ3n) is 3.92. The summed E-state index contributed by atoms with van der Waals surface area (Å²) in [5.41, 5.74) is 0.666. The standard InChI is InChI=1S/C17H25NO2/c1-5-17(4,19-7-3)16(18-6-2)15-12-13-10-8-9-11-14(13)20-15/h8-12,16,18H,5-7H2,1-4H3. The normalized spacial score (nSPS) is 16.2. The van der Waals surface area contributed by atoms with E-state index in [0.717, 1.165) is 29.7 Å². The minimum absolute atomic E-state index is 0.0600. The molecule has 110 valence electrons. The lowest BCUT2D eigenvalue weighted by Gasteiger charge is -2.36. The molecule has 1 N–H and O–H groups in total. The summed E-state index contributed by atoms with van der Waals surface area (Å²) in [5.74, 6) is 0.950. The predicted molar refractivity (Wildman–Crippen MR) is 83.0 cm³/mol. The maximum absolute atomic E-state index is 6.03. The Morgan fingerprint density at radius 1 is 1.25 bits per heavy atom. The van der Waals surface area contributed by atoms with Gasteiger partial charge >= 0.3 is 0 Å². The van der Waals surface area contributed by atoms with E-state index < -0.39 is 0 Å². The van der Waals surface area contributed by atoms with Crippen LogP contribution in [-0.2, 0) is 4.74 Å². The van der Waals surface area contributed by atoms with Crippen molar-refractivity contribution >= 4 is 11.0 Å². The predicted octanol–water partition coefficient (Wildman–Crippen LogP) is 4.29. The summed E-state index contributed by atoms with van der Waals surface area (Å²) >= 11 is 0. The van der Waals surface area contributed by atoms with Crippen molar-refractivity contribution in [3.8, 4) is 0 Å². The summed E-state index contributed by atoms with van der Waals surface area (Å²) in [5, 5.41) is 4.66. The van der Waals surface area contributed by atoms with Gasteiger partial charge in [-0.2, -0.15) is 0 Å². The second-order valence-electron chi connectivity index (χ2n) is 5.28. The summed E-state index contributed by atoms with van der Waals surface area (Å²) in [6.45, 7) is 10.0. The molecule has 3 nitrogen and oxygen atoms in total. The summed E-state index contributed by atoms with van der Waals surface area (Å²) < 4.78 is 12.1. The van der Waals surface area contributed by atoms with Crippen LogP contribution in [0.4, 0.5) is 0 Å². The number of benzene rings is 1. The maximum Gasteiger partial charge on any atom is 0.134 e. The van der Waals surface area contributed by atoms with Crippen molar-refractivity contribution in [1.82, 2.24) is 5.32 Å². The van der Waals surface area contributed by atoms with Crippen molar-refractivity contribution in [3.63, 3.8) is 0 Å². The van der Waals surface area contributed by atoms with Crippen LogP contribution in [0, 0.1) is 0 Å². The van der Waals surface area contributed by atoms with Gasteiger partial charge in [0, 0.05) is 12.0 Å². The first-order chi connectivity index (χ1) is 9.64. The molecule has 2 atom stereocenters. The quantitative estimate of drug-likeness (QED) is 0.818. The number of para-hydroxylation sites is 1. The summed E-state index contributed by atoms with van der Waals surface area (Å²) in [6.07, 6.45) is 0.926. The number of ether oxygens (including phenoxy) is 1. The van der Waals surface area contributed by atoms with Crippen molar-refractivity contribution in [2.24, 2.45) is 0 Å². The topological polar surface area (TPSA) is 34.4 Å². The highest BCUT2D eigenvalue weighted by Gasteiger charge is 2.36. The molecule has 1 aromatic carbocycles. The first-order valence-corrected chi connectivity index (χ1v) is 7.50. The molecule has 0 amide bonds. The van der Waals surface area contributed by atoms with E-state index in [1.807, 2.05) is 25.1 Å². The number of fused-ring (bicyclic) bond motifs is 1. The minimum Gasteiger partial charge on any atom is -0.459 e. The zero-order valence-electron chi connectivity index (χ0n) is 12.9. The molecule has 2 unspecified atom stereocenters. The molecule has 0 saturated carbocycles. The maximum atomic E-state index is 6.03. The fraction of sp³-hybridized carbons (Fsp3) is 0.529. The second-order valence-corrected chi connectivity index (χ2v) is 5.28. The van der Waals surface area contributed by atoms with E-state index in [2.05, 4.69) is 38.2 Å². The molecule has 0 aliphatic carbocycles. The summed E-state index contributed by atoms with van der Waals surface area (Å²) in [6, 6.07) is 10.3. The molecule has 1 heterocycles. The van der Waals surface area contributed by atoms with Crippen LogP contribution in [0.25, 0.3) is 11.0 Å². The summed E-state index contributed by atoms with van der Waals surface area (Å²) in [4.78, 5) is 0. The highest BCUT2D eigenvalue weighted by Crippen LogP contribution is 2.35. The average Bonchev–Trinajstić information content (AvgIpc) is 2.88. The van der Waals surface area contributed by atoms with Crippen LogP contribution in [0.5, 0.6) is 0 Å². The molecule has 3 heteroatoms. The highest BCUT2D eigenvalue weighted by atomic mass is 16.5. The number of furan rings is 1. The minimum atomic E-state index is -0.265. The van der Waals surface area contributed by atoms with Crippen molar-refractivity contribution in [1.29, 1.82) is 0 Å². The van der Waals surface area contributed by atoms with Crippen LogP contribution < -0.4 is 5.32 Å². The highest BCUT2D eigenvalue weighted by molar-refractivity contribution is 5.77. The molecule has 0 bridgehead atoms. The van der Waals surface area contributed by atoms with Gasteiger partial charge in [-0.05, 0) is 38.9 Å². The van der Waals surface area contributed by atoms with Gasteiger partial charge in [0.25, 0.3) is 0 Å². The largest absolute Gasteiger partial charge is 0.459 e. The lowest BCUT2D eigenvalue weighted by Crippen LogP contribution is -2.43. The molecule has 2 aromatic rings. The molecule has 0 radical (unpaired) electrons. The van der Waals surface area contributed by atoms with Crippen LogP contribution in [0.15, 0.2) is 34.7 Å². The van der Waals surface area contributed by atoms with E-state index in [4.69, 9.17) is 9.15 Å². The Balaban J connectivity index is 2.40. The van der Waals surface area contributed by atoms with E-state index in [9.17, 15) is 0 Å². The molecule has 2 rings (SSSR count).